The van der Waals surface area contributed by atoms with Crippen LogP contribution in [-0.2, 0) is 7.05 Å². The number of hydrogen-bond acceptors (Lipinski definition) is 4. The standard InChI is InChI=1S/C17H22N4O2/c1-4-21(14-7-5-6-13(2)12-14)11-10-18-17(23)15-8-9-16(22)20(3)19-15/h5-9,12H,4,10-11H2,1-3H3,(H,18,23). The summed E-state index contributed by atoms with van der Waals surface area (Å²) in [7, 11) is 1.52. The number of aryl methyl sites for hydroxylation is 2. The van der Waals surface area contributed by atoms with Gasteiger partial charge in [0.1, 0.15) is 5.69 Å². The highest BCUT2D eigenvalue weighted by Gasteiger charge is 2.09. The molecule has 0 radical (unpaired) electrons. The Morgan fingerprint density at radius 2 is 2.09 bits per heavy atom. The predicted octanol–water partition coefficient (Wildman–Crippen LogP) is 1.35. The number of likely N-dealkylation sites (N-methyl/N-ethyl adjacent to an activating group) is 1. The minimum atomic E-state index is -0.277. The molecule has 6 heteroatoms. The molecule has 0 saturated heterocycles. The second-order valence-corrected chi connectivity index (χ2v) is 5.35. The molecule has 1 amide bonds. The van der Waals surface area contributed by atoms with Crippen LogP contribution in [0.2, 0.25) is 0 Å². The third-order valence-electron chi connectivity index (χ3n) is 3.61. The highest BCUT2D eigenvalue weighted by Crippen LogP contribution is 2.14. The molecule has 1 heterocycles. The lowest BCUT2D eigenvalue weighted by Gasteiger charge is -2.23. The fourth-order valence-electron chi connectivity index (χ4n) is 2.31. The Labute approximate surface area is 135 Å². The van der Waals surface area contributed by atoms with Crippen LogP contribution < -0.4 is 15.8 Å². The highest BCUT2D eigenvalue weighted by molar-refractivity contribution is 5.92. The van der Waals surface area contributed by atoms with Crippen molar-refractivity contribution in [3.8, 4) is 0 Å². The monoisotopic (exact) mass is 314 g/mol. The maximum atomic E-state index is 12.1. The van der Waals surface area contributed by atoms with Crippen molar-refractivity contribution in [2.75, 3.05) is 24.5 Å². The molecule has 0 aliphatic rings. The number of anilines is 1. The SMILES string of the molecule is CCN(CCNC(=O)c1ccc(=O)n(C)n1)c1cccc(C)c1. The Bertz CT molecular complexity index is 739. The van der Waals surface area contributed by atoms with Gasteiger partial charge in [-0.25, -0.2) is 4.68 Å². The second kappa shape index (κ2) is 7.58. The van der Waals surface area contributed by atoms with E-state index in [1.54, 1.807) is 0 Å². The van der Waals surface area contributed by atoms with E-state index in [1.165, 1.54) is 24.7 Å². The summed E-state index contributed by atoms with van der Waals surface area (Å²) in [5, 5.41) is 6.78. The zero-order valence-corrected chi connectivity index (χ0v) is 13.7. The normalized spacial score (nSPS) is 10.4. The quantitative estimate of drug-likeness (QED) is 0.874. The van der Waals surface area contributed by atoms with Crippen molar-refractivity contribution in [2.45, 2.75) is 13.8 Å². The van der Waals surface area contributed by atoms with Gasteiger partial charge in [-0.1, -0.05) is 12.1 Å². The van der Waals surface area contributed by atoms with Crippen molar-refractivity contribution in [2.24, 2.45) is 7.05 Å². The van der Waals surface area contributed by atoms with Crippen LogP contribution in [0, 0.1) is 6.92 Å². The topological polar surface area (TPSA) is 67.2 Å². The van der Waals surface area contributed by atoms with Crippen LogP contribution in [-0.4, -0.2) is 35.3 Å². The molecule has 122 valence electrons. The van der Waals surface area contributed by atoms with Gasteiger partial charge in [-0.2, -0.15) is 5.10 Å². The van der Waals surface area contributed by atoms with E-state index < -0.39 is 0 Å². The maximum Gasteiger partial charge on any atom is 0.271 e. The van der Waals surface area contributed by atoms with E-state index in [4.69, 9.17) is 0 Å². The summed E-state index contributed by atoms with van der Waals surface area (Å²) in [6, 6.07) is 11.1. The molecule has 0 spiro atoms. The molecular formula is C17H22N4O2. The summed E-state index contributed by atoms with van der Waals surface area (Å²) < 4.78 is 1.15. The number of nitrogens with zero attached hydrogens (tertiary/aromatic N) is 3. The van der Waals surface area contributed by atoms with Crippen molar-refractivity contribution in [1.82, 2.24) is 15.1 Å². The van der Waals surface area contributed by atoms with Crippen molar-refractivity contribution < 1.29 is 4.79 Å². The molecule has 0 fully saturated rings. The molecule has 1 N–H and O–H groups in total. The minimum Gasteiger partial charge on any atom is -0.370 e. The number of carbonyl (C=O) groups is 1. The van der Waals surface area contributed by atoms with Crippen molar-refractivity contribution in [3.05, 3.63) is 58.0 Å². The van der Waals surface area contributed by atoms with Crippen LogP contribution >= 0.6 is 0 Å². The molecule has 1 aromatic carbocycles. The van der Waals surface area contributed by atoms with Crippen molar-refractivity contribution in [1.29, 1.82) is 0 Å². The first kappa shape index (κ1) is 16.7. The van der Waals surface area contributed by atoms with Crippen LogP contribution in [0.3, 0.4) is 0 Å². The number of aromatic nitrogens is 2. The number of hydrogen-bond donors (Lipinski definition) is 1. The van der Waals surface area contributed by atoms with Gasteiger partial charge < -0.3 is 10.2 Å². The predicted molar refractivity (Wildman–Crippen MR) is 90.9 cm³/mol. The van der Waals surface area contributed by atoms with E-state index in [1.807, 2.05) is 6.07 Å². The lowest BCUT2D eigenvalue weighted by molar-refractivity contribution is 0.0947. The molecule has 0 unspecified atom stereocenters. The van der Waals surface area contributed by atoms with E-state index in [0.717, 1.165) is 16.9 Å². The number of nitrogens with one attached hydrogen (secondary N) is 1. The number of amides is 1. The number of carbonyl (C=O) groups excluding carboxylic acids is 1. The lowest BCUT2D eigenvalue weighted by atomic mass is 10.2. The molecule has 2 aromatic rings. The fraction of sp³-hybridized carbons (Fsp3) is 0.353. The molecule has 0 aliphatic heterocycles. The smallest absolute Gasteiger partial charge is 0.271 e. The first-order valence-corrected chi connectivity index (χ1v) is 7.65. The third kappa shape index (κ3) is 4.42. The van der Waals surface area contributed by atoms with E-state index in [0.29, 0.717) is 13.1 Å². The van der Waals surface area contributed by atoms with Gasteiger partial charge in [-0.3, -0.25) is 9.59 Å². The summed E-state index contributed by atoms with van der Waals surface area (Å²) in [4.78, 5) is 25.5. The lowest BCUT2D eigenvalue weighted by Crippen LogP contribution is -2.36. The molecule has 0 atom stereocenters. The zero-order chi connectivity index (χ0) is 16.8. The van der Waals surface area contributed by atoms with Crippen LogP contribution in [0.25, 0.3) is 0 Å². The summed E-state index contributed by atoms with van der Waals surface area (Å²) in [6.07, 6.45) is 0. The summed E-state index contributed by atoms with van der Waals surface area (Å²) >= 11 is 0. The van der Waals surface area contributed by atoms with E-state index in [-0.39, 0.29) is 17.2 Å². The summed E-state index contributed by atoms with van der Waals surface area (Å²) in [5.74, 6) is -0.277. The fourth-order valence-corrected chi connectivity index (χ4v) is 2.31. The van der Waals surface area contributed by atoms with E-state index in [9.17, 15) is 9.59 Å². The third-order valence-corrected chi connectivity index (χ3v) is 3.61. The van der Waals surface area contributed by atoms with Gasteiger partial charge in [0.15, 0.2) is 0 Å². The largest absolute Gasteiger partial charge is 0.370 e. The first-order chi connectivity index (χ1) is 11.0. The Kier molecular flexibility index (Phi) is 5.51. The Morgan fingerprint density at radius 3 is 2.74 bits per heavy atom. The number of rotatable bonds is 6. The molecule has 1 aromatic heterocycles. The molecule has 2 rings (SSSR count). The van der Waals surface area contributed by atoms with Gasteiger partial charge >= 0.3 is 0 Å². The average Bonchev–Trinajstić information content (AvgIpc) is 2.54. The van der Waals surface area contributed by atoms with Gasteiger partial charge in [-0.05, 0) is 37.6 Å². The van der Waals surface area contributed by atoms with Gasteiger partial charge in [0.25, 0.3) is 11.5 Å². The summed E-state index contributed by atoms with van der Waals surface area (Å²) in [6.45, 7) is 6.21. The zero-order valence-electron chi connectivity index (χ0n) is 13.7. The van der Waals surface area contributed by atoms with Crippen molar-refractivity contribution >= 4 is 11.6 Å². The Balaban J connectivity index is 1.93. The van der Waals surface area contributed by atoms with Gasteiger partial charge in [-0.15, -0.1) is 0 Å². The van der Waals surface area contributed by atoms with Gasteiger partial charge in [0.2, 0.25) is 0 Å². The van der Waals surface area contributed by atoms with Gasteiger partial charge in [0.05, 0.1) is 0 Å². The molecular weight excluding hydrogens is 292 g/mol. The molecule has 0 saturated carbocycles. The second-order valence-electron chi connectivity index (χ2n) is 5.35. The van der Waals surface area contributed by atoms with Crippen LogP contribution in [0.4, 0.5) is 5.69 Å². The minimum absolute atomic E-state index is 0.238. The van der Waals surface area contributed by atoms with E-state index in [2.05, 4.69) is 47.4 Å². The number of benzene rings is 1. The Morgan fingerprint density at radius 1 is 1.30 bits per heavy atom. The van der Waals surface area contributed by atoms with Crippen LogP contribution in [0.15, 0.2) is 41.2 Å². The molecule has 6 nitrogen and oxygen atoms in total. The maximum absolute atomic E-state index is 12.1. The van der Waals surface area contributed by atoms with Crippen LogP contribution in [0.5, 0.6) is 0 Å². The van der Waals surface area contributed by atoms with E-state index >= 15 is 0 Å². The molecule has 0 aliphatic carbocycles. The molecule has 23 heavy (non-hydrogen) atoms. The highest BCUT2D eigenvalue weighted by atomic mass is 16.2. The average molecular weight is 314 g/mol. The Hall–Kier alpha value is -2.63. The van der Waals surface area contributed by atoms with Gasteiger partial charge in [0, 0.05) is 38.4 Å². The molecule has 0 bridgehead atoms. The van der Waals surface area contributed by atoms with Crippen molar-refractivity contribution in [3.63, 3.8) is 0 Å². The first-order valence-electron chi connectivity index (χ1n) is 7.65. The summed E-state index contributed by atoms with van der Waals surface area (Å²) in [5.41, 5.74) is 2.35. The van der Waals surface area contributed by atoms with Crippen LogP contribution in [0.1, 0.15) is 23.0 Å².